The van der Waals surface area contributed by atoms with Crippen molar-refractivity contribution in [2.24, 2.45) is 0 Å². The molecule has 0 saturated heterocycles. The van der Waals surface area contributed by atoms with Crippen LogP contribution in [0.15, 0.2) is 29.1 Å². The fourth-order valence-corrected chi connectivity index (χ4v) is 1.90. The highest BCUT2D eigenvalue weighted by Crippen LogP contribution is 2.17. The van der Waals surface area contributed by atoms with Crippen LogP contribution in [0.4, 0.5) is 5.69 Å². The van der Waals surface area contributed by atoms with Crippen molar-refractivity contribution in [3.8, 4) is 5.75 Å². The lowest BCUT2D eigenvalue weighted by atomic mass is 10.3. The standard InChI is InChI=1S/C15H19N5O4/c1-3-12(21)17-10-5-4-6-11(7-10)24-8-13(22)16-9(2)14-18-15(23)20-19-14/h4-7,9H,3,8H2,1-2H3,(H,16,22)(H,17,21)(H2,18,19,20,23)/t9-/m0/s1. The molecule has 0 radical (unpaired) electrons. The molecule has 0 aliphatic rings. The zero-order valence-electron chi connectivity index (χ0n) is 13.4. The van der Waals surface area contributed by atoms with E-state index >= 15 is 0 Å². The molecule has 2 aromatic rings. The molecule has 0 fully saturated rings. The number of hydrogen-bond acceptors (Lipinski definition) is 5. The molecule has 2 amide bonds. The molecule has 1 aromatic heterocycles. The third kappa shape index (κ3) is 4.97. The van der Waals surface area contributed by atoms with E-state index in [1.54, 1.807) is 38.1 Å². The van der Waals surface area contributed by atoms with Gasteiger partial charge in [0.25, 0.3) is 5.91 Å². The lowest BCUT2D eigenvalue weighted by molar-refractivity contribution is -0.123. The van der Waals surface area contributed by atoms with Crippen molar-refractivity contribution in [3.63, 3.8) is 0 Å². The van der Waals surface area contributed by atoms with Crippen molar-refractivity contribution in [2.75, 3.05) is 11.9 Å². The first kappa shape index (κ1) is 17.3. The van der Waals surface area contributed by atoms with Crippen LogP contribution in [0.2, 0.25) is 0 Å². The lowest BCUT2D eigenvalue weighted by Crippen LogP contribution is -2.32. The Morgan fingerprint density at radius 2 is 2.12 bits per heavy atom. The van der Waals surface area contributed by atoms with Crippen LogP contribution in [0.25, 0.3) is 0 Å². The number of aromatic nitrogens is 3. The second-order valence-corrected chi connectivity index (χ2v) is 5.07. The Balaban J connectivity index is 1.86. The van der Waals surface area contributed by atoms with Crippen LogP contribution in [-0.2, 0) is 9.59 Å². The highest BCUT2D eigenvalue weighted by atomic mass is 16.5. The molecule has 24 heavy (non-hydrogen) atoms. The number of nitrogens with one attached hydrogen (secondary N) is 4. The minimum absolute atomic E-state index is 0.105. The number of ether oxygens (including phenoxy) is 1. The van der Waals surface area contributed by atoms with Gasteiger partial charge in [0.2, 0.25) is 5.91 Å². The highest BCUT2D eigenvalue weighted by Gasteiger charge is 2.13. The van der Waals surface area contributed by atoms with E-state index in [1.165, 1.54) is 0 Å². The van der Waals surface area contributed by atoms with E-state index in [9.17, 15) is 14.4 Å². The van der Waals surface area contributed by atoms with E-state index in [0.717, 1.165) is 0 Å². The SMILES string of the molecule is CCC(=O)Nc1cccc(OCC(=O)N[C@@H](C)c2n[nH]c(=O)[nH]2)c1. The van der Waals surface area contributed by atoms with Crippen molar-refractivity contribution in [3.05, 3.63) is 40.6 Å². The summed E-state index contributed by atoms with van der Waals surface area (Å²) in [6.07, 6.45) is 0.376. The number of carbonyl (C=O) groups excluding carboxylic acids is 2. The minimum atomic E-state index is -0.463. The quantitative estimate of drug-likeness (QED) is 0.593. The number of rotatable bonds is 7. The summed E-state index contributed by atoms with van der Waals surface area (Å²) in [5.41, 5.74) is 0.163. The van der Waals surface area contributed by atoms with E-state index in [1.807, 2.05) is 0 Å². The molecule has 0 aliphatic heterocycles. The lowest BCUT2D eigenvalue weighted by Gasteiger charge is -2.12. The van der Waals surface area contributed by atoms with Gasteiger partial charge in [0, 0.05) is 18.2 Å². The van der Waals surface area contributed by atoms with Crippen molar-refractivity contribution in [1.29, 1.82) is 0 Å². The summed E-state index contributed by atoms with van der Waals surface area (Å²) < 4.78 is 5.40. The van der Waals surface area contributed by atoms with Crippen LogP contribution < -0.4 is 21.1 Å². The maximum atomic E-state index is 11.9. The Morgan fingerprint density at radius 3 is 2.79 bits per heavy atom. The molecule has 128 valence electrons. The number of benzene rings is 1. The molecule has 0 unspecified atom stereocenters. The minimum Gasteiger partial charge on any atom is -0.484 e. The fourth-order valence-electron chi connectivity index (χ4n) is 1.90. The number of carbonyl (C=O) groups is 2. The second kappa shape index (κ2) is 7.95. The molecule has 2 rings (SSSR count). The van der Waals surface area contributed by atoms with Gasteiger partial charge in [-0.25, -0.2) is 9.89 Å². The molecule has 1 aromatic carbocycles. The zero-order valence-corrected chi connectivity index (χ0v) is 13.4. The van der Waals surface area contributed by atoms with Crippen molar-refractivity contribution in [2.45, 2.75) is 26.3 Å². The first-order chi connectivity index (χ1) is 11.5. The second-order valence-electron chi connectivity index (χ2n) is 5.07. The maximum Gasteiger partial charge on any atom is 0.340 e. The summed E-state index contributed by atoms with van der Waals surface area (Å²) in [7, 11) is 0. The van der Waals surface area contributed by atoms with Gasteiger partial charge in [-0.3, -0.25) is 14.6 Å². The number of amides is 2. The Kier molecular flexibility index (Phi) is 5.72. The third-order valence-electron chi connectivity index (χ3n) is 3.12. The van der Waals surface area contributed by atoms with Crippen LogP contribution in [0.1, 0.15) is 32.1 Å². The van der Waals surface area contributed by atoms with Gasteiger partial charge in [-0.15, -0.1) is 0 Å². The molecular weight excluding hydrogens is 314 g/mol. The van der Waals surface area contributed by atoms with E-state index in [-0.39, 0.29) is 18.4 Å². The van der Waals surface area contributed by atoms with Crippen LogP contribution in [0.3, 0.4) is 0 Å². The summed E-state index contributed by atoms with van der Waals surface area (Å²) in [5.74, 6) is 0.318. The van der Waals surface area contributed by atoms with E-state index in [0.29, 0.717) is 23.7 Å². The van der Waals surface area contributed by atoms with Crippen LogP contribution in [0, 0.1) is 0 Å². The third-order valence-corrected chi connectivity index (χ3v) is 3.12. The van der Waals surface area contributed by atoms with Gasteiger partial charge in [-0.05, 0) is 19.1 Å². The monoisotopic (exact) mass is 333 g/mol. The largest absolute Gasteiger partial charge is 0.484 e. The van der Waals surface area contributed by atoms with Gasteiger partial charge in [-0.2, -0.15) is 5.10 Å². The van der Waals surface area contributed by atoms with Crippen molar-refractivity contribution >= 4 is 17.5 Å². The summed E-state index contributed by atoms with van der Waals surface area (Å²) in [4.78, 5) is 36.7. The predicted molar refractivity (Wildman–Crippen MR) is 86.6 cm³/mol. The number of hydrogen-bond donors (Lipinski definition) is 4. The van der Waals surface area contributed by atoms with Gasteiger partial charge in [0.1, 0.15) is 5.75 Å². The first-order valence-electron chi connectivity index (χ1n) is 7.44. The summed E-state index contributed by atoms with van der Waals surface area (Å²) >= 11 is 0. The number of H-pyrrole nitrogens is 2. The average molecular weight is 333 g/mol. The molecule has 1 heterocycles. The predicted octanol–water partition coefficient (Wildman–Crippen LogP) is 0.703. The van der Waals surface area contributed by atoms with Crippen molar-refractivity contribution < 1.29 is 14.3 Å². The fraction of sp³-hybridized carbons (Fsp3) is 0.333. The van der Waals surface area contributed by atoms with Crippen LogP contribution in [-0.4, -0.2) is 33.6 Å². The zero-order chi connectivity index (χ0) is 17.5. The van der Waals surface area contributed by atoms with Gasteiger partial charge in [0.15, 0.2) is 12.4 Å². The van der Waals surface area contributed by atoms with Crippen LogP contribution in [0.5, 0.6) is 5.75 Å². The van der Waals surface area contributed by atoms with Gasteiger partial charge >= 0.3 is 5.69 Å². The summed E-state index contributed by atoms with van der Waals surface area (Å²) in [6, 6.07) is 6.31. The molecule has 4 N–H and O–H groups in total. The topological polar surface area (TPSA) is 129 Å². The Labute approximate surface area is 137 Å². The van der Waals surface area contributed by atoms with Gasteiger partial charge in [-0.1, -0.05) is 13.0 Å². The number of nitrogens with zero attached hydrogens (tertiary/aromatic N) is 1. The molecule has 9 nitrogen and oxygen atoms in total. The molecule has 1 atom stereocenters. The molecule has 0 spiro atoms. The van der Waals surface area contributed by atoms with Crippen molar-refractivity contribution in [1.82, 2.24) is 20.5 Å². The molecule has 0 saturated carbocycles. The molecule has 0 aliphatic carbocycles. The Morgan fingerprint density at radius 1 is 1.33 bits per heavy atom. The smallest absolute Gasteiger partial charge is 0.340 e. The number of aromatic amines is 2. The average Bonchev–Trinajstić information content (AvgIpc) is 3.00. The summed E-state index contributed by atoms with van der Waals surface area (Å²) in [5, 5.41) is 11.3. The highest BCUT2D eigenvalue weighted by molar-refractivity contribution is 5.90. The molecule has 9 heteroatoms. The van der Waals surface area contributed by atoms with Crippen LogP contribution >= 0.6 is 0 Å². The molecule has 0 bridgehead atoms. The first-order valence-corrected chi connectivity index (χ1v) is 7.44. The molecular formula is C15H19N5O4. The number of anilines is 1. The Bertz CT molecular complexity index is 767. The summed E-state index contributed by atoms with van der Waals surface area (Å²) in [6.45, 7) is 3.24. The van der Waals surface area contributed by atoms with E-state index in [4.69, 9.17) is 4.74 Å². The van der Waals surface area contributed by atoms with E-state index in [2.05, 4.69) is 25.8 Å². The normalized spacial score (nSPS) is 11.6. The Hall–Kier alpha value is -3.10. The van der Waals surface area contributed by atoms with Gasteiger partial charge < -0.3 is 15.4 Å². The van der Waals surface area contributed by atoms with E-state index < -0.39 is 11.7 Å². The van der Waals surface area contributed by atoms with Gasteiger partial charge in [0.05, 0.1) is 6.04 Å². The maximum absolute atomic E-state index is 11.9.